The summed E-state index contributed by atoms with van der Waals surface area (Å²) in [5.74, 6) is -0.172. The van der Waals surface area contributed by atoms with Gasteiger partial charge in [-0.15, -0.1) is 0 Å². The molecule has 1 N–H and O–H groups in total. The molecule has 1 aliphatic rings. The summed E-state index contributed by atoms with van der Waals surface area (Å²) in [6, 6.07) is 5.47. The van der Waals surface area contributed by atoms with Crippen LogP contribution in [0.25, 0.3) is 11.1 Å². The fourth-order valence-electron chi connectivity index (χ4n) is 2.32. The van der Waals surface area contributed by atoms with Gasteiger partial charge in [0.15, 0.2) is 5.58 Å². The Morgan fingerprint density at radius 2 is 2.42 bits per heavy atom. The van der Waals surface area contributed by atoms with Crippen molar-refractivity contribution in [1.82, 2.24) is 9.88 Å². The van der Waals surface area contributed by atoms with E-state index in [1.165, 1.54) is 0 Å². The minimum absolute atomic E-state index is 0.00311. The maximum Gasteiger partial charge on any atom is 0.307 e. The van der Waals surface area contributed by atoms with E-state index in [1.807, 2.05) is 19.3 Å². The number of aliphatic carboxylic acids is 1. The van der Waals surface area contributed by atoms with Crippen molar-refractivity contribution in [3.8, 4) is 0 Å². The van der Waals surface area contributed by atoms with Gasteiger partial charge in [0.25, 0.3) is 0 Å². The molecule has 3 rings (SSSR count). The van der Waals surface area contributed by atoms with Crippen LogP contribution in [0.1, 0.15) is 23.9 Å². The van der Waals surface area contributed by atoms with E-state index < -0.39 is 5.97 Å². The van der Waals surface area contributed by atoms with E-state index in [4.69, 9.17) is 9.52 Å². The lowest BCUT2D eigenvalue weighted by Gasteiger charge is -2.16. The largest absolute Gasteiger partial charge is 0.481 e. The molecule has 2 heterocycles. The fourth-order valence-corrected chi connectivity index (χ4v) is 2.32. The predicted octanol–water partition coefficient (Wildman–Crippen LogP) is 2.35. The van der Waals surface area contributed by atoms with Crippen molar-refractivity contribution in [3.05, 3.63) is 41.9 Å². The number of fused-ring (bicyclic) bond motifs is 1. The zero-order valence-electron chi connectivity index (χ0n) is 10.5. The molecule has 1 aromatic carbocycles. The Kier molecular flexibility index (Phi) is 2.74. The number of carboxylic acid groups (broad SMARTS) is 1. The van der Waals surface area contributed by atoms with E-state index in [9.17, 15) is 4.79 Å². The van der Waals surface area contributed by atoms with Gasteiger partial charge in [0.1, 0.15) is 11.6 Å². The Labute approximate surface area is 110 Å². The maximum atomic E-state index is 10.7. The number of carbonyl (C=O) groups is 1. The fraction of sp³-hybridized carbons (Fsp3) is 0.286. The third-order valence-electron chi connectivity index (χ3n) is 3.30. The van der Waals surface area contributed by atoms with Gasteiger partial charge in [-0.25, -0.2) is 4.98 Å². The van der Waals surface area contributed by atoms with Crippen LogP contribution in [-0.4, -0.2) is 28.0 Å². The van der Waals surface area contributed by atoms with E-state index in [1.54, 1.807) is 12.1 Å². The SMILES string of the molecule is CN1C=CCC1c1nc2ccc(CC(=O)O)cc2o1. The highest BCUT2D eigenvalue weighted by atomic mass is 16.4. The van der Waals surface area contributed by atoms with Gasteiger partial charge < -0.3 is 14.4 Å². The highest BCUT2D eigenvalue weighted by Crippen LogP contribution is 2.30. The summed E-state index contributed by atoms with van der Waals surface area (Å²) in [5.41, 5.74) is 2.14. The highest BCUT2D eigenvalue weighted by molar-refractivity contribution is 5.76. The number of nitrogens with zero attached hydrogens (tertiary/aromatic N) is 2. The first kappa shape index (κ1) is 11.8. The quantitative estimate of drug-likeness (QED) is 0.915. The highest BCUT2D eigenvalue weighted by Gasteiger charge is 2.23. The Balaban J connectivity index is 1.94. The Bertz CT molecular complexity index is 660. The second kappa shape index (κ2) is 4.42. The summed E-state index contributed by atoms with van der Waals surface area (Å²) in [6.07, 6.45) is 4.97. The van der Waals surface area contributed by atoms with Crippen LogP contribution in [0.2, 0.25) is 0 Å². The molecule has 0 spiro atoms. The first-order valence-electron chi connectivity index (χ1n) is 6.13. The molecule has 19 heavy (non-hydrogen) atoms. The summed E-state index contributed by atoms with van der Waals surface area (Å²) < 4.78 is 5.76. The van der Waals surface area contributed by atoms with Crippen molar-refractivity contribution in [3.63, 3.8) is 0 Å². The van der Waals surface area contributed by atoms with Crippen LogP contribution in [0.15, 0.2) is 34.9 Å². The lowest BCUT2D eigenvalue weighted by Crippen LogP contribution is -2.14. The molecule has 0 aliphatic carbocycles. The van der Waals surface area contributed by atoms with Gasteiger partial charge in [0.2, 0.25) is 5.89 Å². The second-order valence-electron chi connectivity index (χ2n) is 4.73. The van der Waals surface area contributed by atoms with Crippen molar-refractivity contribution in [1.29, 1.82) is 0 Å². The lowest BCUT2D eigenvalue weighted by molar-refractivity contribution is -0.136. The first-order chi connectivity index (χ1) is 9.13. The smallest absolute Gasteiger partial charge is 0.307 e. The van der Waals surface area contributed by atoms with Crippen LogP contribution in [0.4, 0.5) is 0 Å². The second-order valence-corrected chi connectivity index (χ2v) is 4.73. The number of rotatable bonds is 3. The molecule has 0 fully saturated rings. The van der Waals surface area contributed by atoms with Crippen molar-refractivity contribution in [2.45, 2.75) is 18.9 Å². The first-order valence-corrected chi connectivity index (χ1v) is 6.13. The van der Waals surface area contributed by atoms with Crippen LogP contribution in [0.5, 0.6) is 0 Å². The molecule has 1 atom stereocenters. The minimum Gasteiger partial charge on any atom is -0.481 e. The lowest BCUT2D eigenvalue weighted by atomic mass is 10.1. The van der Waals surface area contributed by atoms with Crippen molar-refractivity contribution >= 4 is 17.1 Å². The van der Waals surface area contributed by atoms with E-state index >= 15 is 0 Å². The Morgan fingerprint density at radius 3 is 3.11 bits per heavy atom. The minimum atomic E-state index is -0.848. The molecule has 5 heteroatoms. The van der Waals surface area contributed by atoms with Crippen molar-refractivity contribution < 1.29 is 14.3 Å². The molecule has 0 radical (unpaired) electrons. The van der Waals surface area contributed by atoms with Gasteiger partial charge >= 0.3 is 5.97 Å². The van der Waals surface area contributed by atoms with Crippen molar-refractivity contribution in [2.24, 2.45) is 0 Å². The summed E-state index contributed by atoms with van der Waals surface area (Å²) in [6.45, 7) is 0. The molecule has 0 bridgehead atoms. The standard InChI is InChI=1S/C14H14N2O3/c1-16-6-2-3-11(16)14-15-10-5-4-9(8-13(17)18)7-12(10)19-14/h2,4-7,11H,3,8H2,1H3,(H,17,18). The summed E-state index contributed by atoms with van der Waals surface area (Å²) in [4.78, 5) is 17.2. The Hall–Kier alpha value is -2.30. The third kappa shape index (κ3) is 2.19. The molecule has 0 amide bonds. The number of benzene rings is 1. The molecule has 5 nitrogen and oxygen atoms in total. The van der Waals surface area contributed by atoms with E-state index in [0.717, 1.165) is 17.5 Å². The van der Waals surface area contributed by atoms with E-state index in [2.05, 4.69) is 16.0 Å². The van der Waals surface area contributed by atoms with Crippen LogP contribution >= 0.6 is 0 Å². The topological polar surface area (TPSA) is 66.6 Å². The summed E-state index contributed by atoms with van der Waals surface area (Å²) in [7, 11) is 1.99. The normalized spacial score (nSPS) is 18.4. The maximum absolute atomic E-state index is 10.7. The van der Waals surface area contributed by atoms with Gasteiger partial charge in [-0.1, -0.05) is 12.1 Å². The molecular weight excluding hydrogens is 244 g/mol. The monoisotopic (exact) mass is 258 g/mol. The average Bonchev–Trinajstić information content (AvgIpc) is 2.93. The third-order valence-corrected chi connectivity index (χ3v) is 3.30. The van der Waals surface area contributed by atoms with Gasteiger partial charge in [-0.3, -0.25) is 4.79 Å². The average molecular weight is 258 g/mol. The van der Waals surface area contributed by atoms with Crippen LogP contribution in [-0.2, 0) is 11.2 Å². The molecule has 1 aromatic heterocycles. The number of hydrogen-bond donors (Lipinski definition) is 1. The molecule has 98 valence electrons. The van der Waals surface area contributed by atoms with Gasteiger partial charge in [0, 0.05) is 7.05 Å². The number of hydrogen-bond acceptors (Lipinski definition) is 4. The Morgan fingerprint density at radius 1 is 1.58 bits per heavy atom. The van der Waals surface area contributed by atoms with Crippen LogP contribution in [0, 0.1) is 0 Å². The van der Waals surface area contributed by atoms with Crippen LogP contribution in [0.3, 0.4) is 0 Å². The van der Waals surface area contributed by atoms with Crippen LogP contribution < -0.4 is 0 Å². The zero-order valence-corrected chi connectivity index (χ0v) is 10.5. The molecule has 1 unspecified atom stereocenters. The van der Waals surface area contributed by atoms with Gasteiger partial charge in [-0.05, 0) is 30.3 Å². The predicted molar refractivity (Wildman–Crippen MR) is 69.6 cm³/mol. The van der Waals surface area contributed by atoms with Gasteiger partial charge in [0.05, 0.1) is 6.42 Å². The van der Waals surface area contributed by atoms with Gasteiger partial charge in [-0.2, -0.15) is 0 Å². The molecular formula is C14H14N2O3. The molecule has 2 aromatic rings. The molecule has 1 aliphatic heterocycles. The van der Waals surface area contributed by atoms with E-state index in [-0.39, 0.29) is 12.5 Å². The van der Waals surface area contributed by atoms with Crippen molar-refractivity contribution in [2.75, 3.05) is 7.05 Å². The summed E-state index contributed by atoms with van der Waals surface area (Å²) >= 11 is 0. The number of oxazole rings is 1. The number of carboxylic acids is 1. The molecule has 0 saturated heterocycles. The summed E-state index contributed by atoms with van der Waals surface area (Å²) in [5, 5.41) is 8.79. The van der Waals surface area contributed by atoms with E-state index in [0.29, 0.717) is 11.5 Å². The zero-order chi connectivity index (χ0) is 13.4. The molecule has 0 saturated carbocycles. The number of aromatic nitrogens is 1.